The van der Waals surface area contributed by atoms with E-state index < -0.39 is 0 Å². The number of anilines is 1. The van der Waals surface area contributed by atoms with Crippen LogP contribution in [0, 0.1) is 0 Å². The second kappa shape index (κ2) is 9.03. The fourth-order valence-electron chi connectivity index (χ4n) is 4.04. The molecule has 0 atom stereocenters. The van der Waals surface area contributed by atoms with Gasteiger partial charge in [0.05, 0.1) is 32.5 Å². The first-order valence-corrected chi connectivity index (χ1v) is 12.4. The van der Waals surface area contributed by atoms with Gasteiger partial charge in [-0.15, -0.1) is 11.3 Å². The van der Waals surface area contributed by atoms with Gasteiger partial charge in [0.25, 0.3) is 0 Å². The van der Waals surface area contributed by atoms with Gasteiger partial charge in [-0.2, -0.15) is 5.10 Å². The second-order valence-electron chi connectivity index (χ2n) is 8.42. The summed E-state index contributed by atoms with van der Waals surface area (Å²) < 4.78 is 0. The summed E-state index contributed by atoms with van der Waals surface area (Å²) in [5.41, 5.74) is 5.69. The van der Waals surface area contributed by atoms with Crippen molar-refractivity contribution in [2.75, 3.05) is 5.32 Å². The van der Waals surface area contributed by atoms with E-state index in [1.54, 1.807) is 38.6 Å². The molecule has 0 aliphatic heterocycles. The number of hydrogen-bond donors (Lipinski definition) is 3. The topological polar surface area (TPSA) is 142 Å². The number of hydrogen-bond acceptors (Lipinski definition) is 8. The summed E-state index contributed by atoms with van der Waals surface area (Å²) in [5, 5.41) is 11.1. The van der Waals surface area contributed by atoms with Gasteiger partial charge < -0.3 is 10.3 Å². The highest BCUT2D eigenvalue weighted by Crippen LogP contribution is 2.34. The van der Waals surface area contributed by atoms with E-state index in [-0.39, 0.29) is 11.7 Å². The second-order valence-corrected chi connectivity index (χ2v) is 9.50. The summed E-state index contributed by atoms with van der Waals surface area (Å²) in [7, 11) is 0. The maximum absolute atomic E-state index is 11.8. The zero-order chi connectivity index (χ0) is 25.5. The summed E-state index contributed by atoms with van der Waals surface area (Å²) in [6, 6.07) is 9.38. The molecular weight excluding hydrogens is 488 g/mol. The van der Waals surface area contributed by atoms with Gasteiger partial charge >= 0.3 is 0 Å². The average Bonchev–Trinajstić information content (AvgIpc) is 3.66. The molecule has 6 rings (SSSR count). The van der Waals surface area contributed by atoms with Gasteiger partial charge in [0, 0.05) is 36.1 Å². The van der Waals surface area contributed by atoms with E-state index in [0.29, 0.717) is 45.4 Å². The largest absolute Gasteiger partial charge is 0.336 e. The quantitative estimate of drug-likeness (QED) is 0.261. The number of nitrogens with zero attached hydrogens (tertiary/aromatic N) is 5. The van der Waals surface area contributed by atoms with E-state index in [2.05, 4.69) is 35.5 Å². The fourth-order valence-corrected chi connectivity index (χ4v) is 4.94. The molecule has 0 unspecified atom stereocenters. The number of H-pyrrole nitrogens is 2. The van der Waals surface area contributed by atoms with E-state index in [1.807, 2.05) is 30.3 Å². The predicted molar refractivity (Wildman–Crippen MR) is 142 cm³/mol. The van der Waals surface area contributed by atoms with Crippen LogP contribution in [0.1, 0.15) is 29.9 Å². The molecule has 1 amide bonds. The molecule has 6 aromatic rings. The standard InChI is InChI=1S/C26H20N8O2S/c1-3-21(36)30-16-8-14(10-27-12-16)15-9-17-22(33-34-25(17)29-11-15)26-31-18-6-7-28-24(23(18)32-26)20-5-4-19(37-20)13(2)35/h4-12H,3H2,1-2H3,(H,30,36)(H,31,32)(H,29,33,34). The lowest BCUT2D eigenvalue weighted by molar-refractivity contribution is -0.115. The van der Waals surface area contributed by atoms with Gasteiger partial charge in [-0.05, 0) is 37.3 Å². The van der Waals surface area contributed by atoms with Crippen LogP contribution in [-0.4, -0.2) is 46.8 Å². The lowest BCUT2D eigenvalue weighted by Crippen LogP contribution is -2.09. The van der Waals surface area contributed by atoms with Crippen LogP contribution in [0.3, 0.4) is 0 Å². The highest BCUT2D eigenvalue weighted by atomic mass is 32.1. The normalized spacial score (nSPS) is 11.3. The lowest BCUT2D eigenvalue weighted by Gasteiger charge is -2.06. The molecule has 0 spiro atoms. The van der Waals surface area contributed by atoms with Crippen molar-refractivity contribution < 1.29 is 9.59 Å². The molecule has 10 nitrogen and oxygen atoms in total. The predicted octanol–water partition coefficient (Wildman–Crippen LogP) is 5.24. The molecule has 0 saturated carbocycles. The molecule has 6 heterocycles. The molecule has 182 valence electrons. The molecule has 0 radical (unpaired) electrons. The van der Waals surface area contributed by atoms with E-state index in [4.69, 9.17) is 4.98 Å². The third kappa shape index (κ3) is 4.15. The summed E-state index contributed by atoms with van der Waals surface area (Å²) in [5.74, 6) is 0.509. The Balaban J connectivity index is 1.42. The Morgan fingerprint density at radius 2 is 1.89 bits per heavy atom. The van der Waals surface area contributed by atoms with Crippen LogP contribution in [0.2, 0.25) is 0 Å². The minimum Gasteiger partial charge on any atom is -0.336 e. The first-order chi connectivity index (χ1) is 18.0. The van der Waals surface area contributed by atoms with Crippen LogP contribution in [0.5, 0.6) is 0 Å². The molecule has 37 heavy (non-hydrogen) atoms. The van der Waals surface area contributed by atoms with Crippen molar-refractivity contribution >= 4 is 50.8 Å². The summed E-state index contributed by atoms with van der Waals surface area (Å²) in [6.07, 6.45) is 7.16. The van der Waals surface area contributed by atoms with Crippen molar-refractivity contribution in [3.05, 3.63) is 60.0 Å². The summed E-state index contributed by atoms with van der Waals surface area (Å²) >= 11 is 1.39. The number of thiophene rings is 1. The first-order valence-electron chi connectivity index (χ1n) is 11.6. The zero-order valence-electron chi connectivity index (χ0n) is 19.9. The Morgan fingerprint density at radius 1 is 1.03 bits per heavy atom. The van der Waals surface area contributed by atoms with Gasteiger partial charge in [0.15, 0.2) is 17.3 Å². The lowest BCUT2D eigenvalue weighted by atomic mass is 10.1. The number of Topliss-reactive ketones (excluding diaryl/α,β-unsaturated/α-hetero) is 1. The molecule has 0 bridgehead atoms. The number of ketones is 1. The van der Waals surface area contributed by atoms with E-state index in [9.17, 15) is 9.59 Å². The highest BCUT2D eigenvalue weighted by molar-refractivity contribution is 7.17. The van der Waals surface area contributed by atoms with Crippen molar-refractivity contribution in [2.24, 2.45) is 0 Å². The van der Waals surface area contributed by atoms with Gasteiger partial charge in [-0.1, -0.05) is 6.92 Å². The molecule has 0 aliphatic carbocycles. The molecular formula is C26H20N8O2S. The fraction of sp³-hybridized carbons (Fsp3) is 0.115. The van der Waals surface area contributed by atoms with Gasteiger partial charge in [0.2, 0.25) is 5.91 Å². The molecule has 11 heteroatoms. The Labute approximate surface area is 214 Å². The number of aromatic nitrogens is 7. The number of nitrogens with one attached hydrogen (secondary N) is 3. The monoisotopic (exact) mass is 508 g/mol. The highest BCUT2D eigenvalue weighted by Gasteiger charge is 2.18. The Morgan fingerprint density at radius 3 is 2.70 bits per heavy atom. The van der Waals surface area contributed by atoms with Crippen LogP contribution < -0.4 is 5.32 Å². The van der Waals surface area contributed by atoms with E-state index in [1.165, 1.54) is 11.3 Å². The number of fused-ring (bicyclic) bond motifs is 2. The Bertz CT molecular complexity index is 1820. The minimum absolute atomic E-state index is 0.0194. The van der Waals surface area contributed by atoms with Crippen LogP contribution in [0.15, 0.2) is 55.1 Å². The van der Waals surface area contributed by atoms with E-state index >= 15 is 0 Å². The van der Waals surface area contributed by atoms with Crippen LogP contribution in [-0.2, 0) is 4.79 Å². The minimum atomic E-state index is -0.0801. The zero-order valence-corrected chi connectivity index (χ0v) is 20.7. The van der Waals surface area contributed by atoms with Crippen molar-refractivity contribution in [3.63, 3.8) is 0 Å². The smallest absolute Gasteiger partial charge is 0.224 e. The van der Waals surface area contributed by atoms with Crippen molar-refractivity contribution in [2.45, 2.75) is 20.3 Å². The molecule has 6 aromatic heterocycles. The molecule has 0 saturated heterocycles. The molecule has 0 fully saturated rings. The maximum atomic E-state index is 11.8. The summed E-state index contributed by atoms with van der Waals surface area (Å²) in [6.45, 7) is 3.35. The number of carbonyl (C=O) groups is 2. The van der Waals surface area contributed by atoms with Gasteiger partial charge in [0.1, 0.15) is 16.9 Å². The van der Waals surface area contributed by atoms with Gasteiger partial charge in [-0.25, -0.2) is 9.97 Å². The molecule has 0 aromatic carbocycles. The van der Waals surface area contributed by atoms with Crippen molar-refractivity contribution in [1.29, 1.82) is 0 Å². The Kier molecular flexibility index (Phi) is 5.53. The number of pyridine rings is 3. The van der Waals surface area contributed by atoms with Crippen LogP contribution in [0.25, 0.3) is 55.3 Å². The molecule has 3 N–H and O–H groups in total. The number of aromatic amines is 2. The van der Waals surface area contributed by atoms with Crippen LogP contribution in [0.4, 0.5) is 5.69 Å². The summed E-state index contributed by atoms with van der Waals surface area (Å²) in [4.78, 5) is 46.6. The van der Waals surface area contributed by atoms with Crippen molar-refractivity contribution in [1.82, 2.24) is 35.1 Å². The third-order valence-electron chi connectivity index (χ3n) is 5.90. The maximum Gasteiger partial charge on any atom is 0.224 e. The first kappa shape index (κ1) is 22.7. The van der Waals surface area contributed by atoms with Gasteiger partial charge in [-0.3, -0.25) is 24.7 Å². The van der Waals surface area contributed by atoms with E-state index in [0.717, 1.165) is 26.9 Å². The average molecular weight is 509 g/mol. The van der Waals surface area contributed by atoms with Crippen molar-refractivity contribution in [3.8, 4) is 33.2 Å². The number of rotatable bonds is 6. The number of imidazole rings is 1. The SMILES string of the molecule is CCC(=O)Nc1cncc(-c2cnc3[nH]nc(-c4nc5c(-c6ccc(C(C)=O)s6)nccc5[nH]4)c3c2)c1. The number of carbonyl (C=O) groups excluding carboxylic acids is 2. The van der Waals surface area contributed by atoms with Crippen LogP contribution >= 0.6 is 11.3 Å². The molecule has 0 aliphatic rings. The third-order valence-corrected chi connectivity index (χ3v) is 7.10. The Hall–Kier alpha value is -4.77. The number of amides is 1.